The van der Waals surface area contributed by atoms with Gasteiger partial charge in [0.25, 0.3) is 0 Å². The first-order valence-corrected chi connectivity index (χ1v) is 6.92. The van der Waals surface area contributed by atoms with E-state index in [2.05, 4.69) is 11.4 Å². The second-order valence-corrected chi connectivity index (χ2v) is 5.51. The molecule has 0 aliphatic carbocycles. The molecule has 0 radical (unpaired) electrons. The molecule has 1 aromatic carbocycles. The zero-order valence-corrected chi connectivity index (χ0v) is 12.6. The van der Waals surface area contributed by atoms with E-state index in [1.807, 2.05) is 32.0 Å². The van der Waals surface area contributed by atoms with Crippen LogP contribution in [0.3, 0.4) is 0 Å². The van der Waals surface area contributed by atoms with Crippen LogP contribution in [0.1, 0.15) is 35.1 Å². The summed E-state index contributed by atoms with van der Waals surface area (Å²) in [5.41, 5.74) is 1.56. The molecule has 2 rings (SSSR count). The summed E-state index contributed by atoms with van der Waals surface area (Å²) in [6.45, 7) is 6.56. The second kappa shape index (κ2) is 6.13. The summed E-state index contributed by atoms with van der Waals surface area (Å²) >= 11 is 0. The SMILES string of the molecule is Cc1cc(C(C)(O)CNCc2ccc(C#N)cc2)c(C)o1. The Hall–Kier alpha value is -2.09. The molecule has 0 spiro atoms. The zero-order chi connectivity index (χ0) is 15.5. The highest BCUT2D eigenvalue weighted by Gasteiger charge is 2.27. The van der Waals surface area contributed by atoms with Crippen LogP contribution in [0.5, 0.6) is 0 Å². The van der Waals surface area contributed by atoms with E-state index in [1.165, 1.54) is 0 Å². The molecule has 4 heteroatoms. The first-order chi connectivity index (χ1) is 9.92. The molecule has 21 heavy (non-hydrogen) atoms. The first kappa shape index (κ1) is 15.3. The van der Waals surface area contributed by atoms with Crippen LogP contribution in [0.15, 0.2) is 34.7 Å². The predicted octanol–water partition coefficient (Wildman–Crippen LogP) is 2.77. The molecule has 2 aromatic rings. The Morgan fingerprint density at radius 2 is 1.95 bits per heavy atom. The number of rotatable bonds is 5. The van der Waals surface area contributed by atoms with E-state index in [1.54, 1.807) is 19.1 Å². The number of hydrogen-bond acceptors (Lipinski definition) is 4. The van der Waals surface area contributed by atoms with E-state index >= 15 is 0 Å². The van der Waals surface area contributed by atoms with Crippen LogP contribution in [0.25, 0.3) is 0 Å². The third-order valence-corrected chi connectivity index (χ3v) is 3.50. The number of hydrogen-bond donors (Lipinski definition) is 2. The topological polar surface area (TPSA) is 69.2 Å². The number of nitrogens with one attached hydrogen (secondary N) is 1. The fourth-order valence-corrected chi connectivity index (χ4v) is 2.41. The van der Waals surface area contributed by atoms with Crippen molar-refractivity contribution in [2.45, 2.75) is 32.9 Å². The maximum atomic E-state index is 10.6. The lowest BCUT2D eigenvalue weighted by Gasteiger charge is -2.23. The van der Waals surface area contributed by atoms with Crippen LogP contribution in [-0.4, -0.2) is 11.7 Å². The van der Waals surface area contributed by atoms with Gasteiger partial charge in [0.15, 0.2) is 0 Å². The van der Waals surface area contributed by atoms with Crippen LogP contribution in [0, 0.1) is 25.2 Å². The van der Waals surface area contributed by atoms with Crippen molar-refractivity contribution in [3.63, 3.8) is 0 Å². The monoisotopic (exact) mass is 284 g/mol. The molecule has 1 atom stereocenters. The van der Waals surface area contributed by atoms with Crippen LogP contribution in [0.4, 0.5) is 0 Å². The summed E-state index contributed by atoms with van der Waals surface area (Å²) in [5.74, 6) is 1.55. The molecule has 0 amide bonds. The number of nitriles is 1. The van der Waals surface area contributed by atoms with Gasteiger partial charge in [-0.05, 0) is 44.5 Å². The van der Waals surface area contributed by atoms with Crippen LogP contribution in [0.2, 0.25) is 0 Å². The van der Waals surface area contributed by atoms with Gasteiger partial charge in [-0.2, -0.15) is 5.26 Å². The minimum atomic E-state index is -0.978. The van der Waals surface area contributed by atoms with Gasteiger partial charge in [-0.1, -0.05) is 12.1 Å². The quantitative estimate of drug-likeness (QED) is 0.885. The Balaban J connectivity index is 1.95. The smallest absolute Gasteiger partial charge is 0.107 e. The summed E-state index contributed by atoms with van der Waals surface area (Å²) in [6.07, 6.45) is 0. The average Bonchev–Trinajstić information content (AvgIpc) is 2.79. The van der Waals surface area contributed by atoms with Gasteiger partial charge in [0.05, 0.1) is 11.6 Å². The van der Waals surface area contributed by atoms with Gasteiger partial charge in [0, 0.05) is 18.7 Å². The molecule has 1 unspecified atom stereocenters. The summed E-state index contributed by atoms with van der Waals surface area (Å²) in [4.78, 5) is 0. The summed E-state index contributed by atoms with van der Waals surface area (Å²) in [5, 5.41) is 22.6. The van der Waals surface area contributed by atoms with Gasteiger partial charge < -0.3 is 14.8 Å². The Labute approximate surface area is 125 Å². The molecule has 4 nitrogen and oxygen atoms in total. The van der Waals surface area contributed by atoms with E-state index in [4.69, 9.17) is 9.68 Å². The van der Waals surface area contributed by atoms with Crippen molar-refractivity contribution in [1.82, 2.24) is 5.32 Å². The highest BCUT2D eigenvalue weighted by Crippen LogP contribution is 2.26. The van der Waals surface area contributed by atoms with Gasteiger partial charge in [0.1, 0.15) is 17.1 Å². The van der Waals surface area contributed by atoms with Crippen molar-refractivity contribution in [3.05, 3.63) is 58.5 Å². The van der Waals surface area contributed by atoms with Gasteiger partial charge in [-0.15, -0.1) is 0 Å². The number of benzene rings is 1. The minimum absolute atomic E-state index is 0.423. The predicted molar refractivity (Wildman–Crippen MR) is 80.6 cm³/mol. The number of aryl methyl sites for hydroxylation is 2. The number of nitrogens with zero attached hydrogens (tertiary/aromatic N) is 1. The summed E-state index contributed by atoms with van der Waals surface area (Å²) < 4.78 is 5.47. The van der Waals surface area contributed by atoms with E-state index in [0.29, 0.717) is 18.7 Å². The molecule has 2 N–H and O–H groups in total. The molecular formula is C17H20N2O2. The third-order valence-electron chi connectivity index (χ3n) is 3.50. The average molecular weight is 284 g/mol. The van der Waals surface area contributed by atoms with Crippen molar-refractivity contribution >= 4 is 0 Å². The fourth-order valence-electron chi connectivity index (χ4n) is 2.41. The largest absolute Gasteiger partial charge is 0.466 e. The van der Waals surface area contributed by atoms with E-state index < -0.39 is 5.60 Å². The molecule has 0 fully saturated rings. The van der Waals surface area contributed by atoms with Gasteiger partial charge in [-0.25, -0.2) is 0 Å². The normalized spacial score (nSPS) is 13.7. The molecule has 0 aliphatic rings. The van der Waals surface area contributed by atoms with Gasteiger partial charge in [0.2, 0.25) is 0 Å². The molecule has 0 saturated heterocycles. The van der Waals surface area contributed by atoms with Crippen LogP contribution < -0.4 is 5.32 Å². The maximum Gasteiger partial charge on any atom is 0.107 e. The third kappa shape index (κ3) is 3.72. The van der Waals surface area contributed by atoms with Crippen LogP contribution >= 0.6 is 0 Å². The summed E-state index contributed by atoms with van der Waals surface area (Å²) in [7, 11) is 0. The standard InChI is InChI=1S/C17H20N2O2/c1-12-8-16(13(2)21-12)17(3,20)11-19-10-15-6-4-14(9-18)5-7-15/h4-8,19-20H,10-11H2,1-3H3. The molecule has 0 aliphatic heterocycles. The number of aliphatic hydroxyl groups is 1. The van der Waals surface area contributed by atoms with E-state index in [9.17, 15) is 5.11 Å². The lowest BCUT2D eigenvalue weighted by atomic mass is 9.96. The second-order valence-electron chi connectivity index (χ2n) is 5.51. The molecular weight excluding hydrogens is 264 g/mol. The Kier molecular flexibility index (Phi) is 4.46. The van der Waals surface area contributed by atoms with Gasteiger partial charge >= 0.3 is 0 Å². The fraction of sp³-hybridized carbons (Fsp3) is 0.353. The van der Waals surface area contributed by atoms with Crippen molar-refractivity contribution in [1.29, 1.82) is 5.26 Å². The molecule has 1 aromatic heterocycles. The molecule has 0 saturated carbocycles. The lowest BCUT2D eigenvalue weighted by molar-refractivity contribution is 0.0552. The maximum absolute atomic E-state index is 10.6. The highest BCUT2D eigenvalue weighted by atomic mass is 16.3. The van der Waals surface area contributed by atoms with Gasteiger partial charge in [-0.3, -0.25) is 0 Å². The van der Waals surface area contributed by atoms with Crippen molar-refractivity contribution in [2.75, 3.05) is 6.54 Å². The van der Waals surface area contributed by atoms with Crippen LogP contribution in [-0.2, 0) is 12.1 Å². The Morgan fingerprint density at radius 1 is 1.29 bits per heavy atom. The van der Waals surface area contributed by atoms with E-state index in [0.717, 1.165) is 22.6 Å². The Morgan fingerprint density at radius 3 is 2.48 bits per heavy atom. The molecule has 1 heterocycles. The Bertz CT molecular complexity index is 648. The lowest BCUT2D eigenvalue weighted by Crippen LogP contribution is -2.35. The molecule has 0 bridgehead atoms. The van der Waals surface area contributed by atoms with Crippen molar-refractivity contribution in [3.8, 4) is 6.07 Å². The van der Waals surface area contributed by atoms with Crippen molar-refractivity contribution < 1.29 is 9.52 Å². The summed E-state index contributed by atoms with van der Waals surface area (Å²) in [6, 6.07) is 11.4. The van der Waals surface area contributed by atoms with E-state index in [-0.39, 0.29) is 0 Å². The number of furan rings is 1. The first-order valence-electron chi connectivity index (χ1n) is 6.92. The molecule has 110 valence electrons. The van der Waals surface area contributed by atoms with Crippen molar-refractivity contribution in [2.24, 2.45) is 0 Å². The highest BCUT2D eigenvalue weighted by molar-refractivity contribution is 5.31. The zero-order valence-electron chi connectivity index (χ0n) is 12.6. The minimum Gasteiger partial charge on any atom is -0.466 e.